The van der Waals surface area contributed by atoms with Crippen LogP contribution in [0.2, 0.25) is 0 Å². The maximum absolute atomic E-state index is 13.0. The lowest BCUT2D eigenvalue weighted by atomic mass is 10.1. The molecule has 5 rings (SSSR count). The molecule has 1 amide bonds. The molecule has 1 saturated carbocycles. The van der Waals surface area contributed by atoms with E-state index in [1.807, 2.05) is 54.2 Å². The minimum absolute atomic E-state index is 0. The number of carbonyl (C=O) groups excluding carboxylic acids is 1. The Morgan fingerprint density at radius 1 is 1.34 bits per heavy atom. The lowest BCUT2D eigenvalue weighted by molar-refractivity contribution is -0.121. The molecule has 2 aliphatic rings. The average molecular weight is 393 g/mol. The maximum Gasteiger partial charge on any atom is 0.241 e. The predicted octanol–water partition coefficient (Wildman–Crippen LogP) is 3.00. The van der Waals surface area contributed by atoms with Crippen LogP contribution in [0.5, 0.6) is 0 Å². The summed E-state index contributed by atoms with van der Waals surface area (Å²) in [5, 5.41) is 7.71. The molecule has 7 nitrogen and oxygen atoms in total. The van der Waals surface area contributed by atoms with E-state index < -0.39 is 0 Å². The van der Waals surface area contributed by atoms with Gasteiger partial charge in [-0.1, -0.05) is 6.07 Å². The van der Waals surface area contributed by atoms with Crippen LogP contribution in [0.3, 0.4) is 0 Å². The molecule has 0 spiro atoms. The van der Waals surface area contributed by atoms with Gasteiger partial charge >= 0.3 is 0 Å². The topological polar surface area (TPSA) is 71.8 Å². The minimum atomic E-state index is -0.0777. The molecule has 3 atom stereocenters. The number of hydrogen-bond donors (Lipinski definition) is 1. The number of likely N-dealkylation sites (tertiary alicyclic amines) is 1. The highest BCUT2D eigenvalue weighted by Crippen LogP contribution is 2.47. The van der Waals surface area contributed by atoms with Crippen molar-refractivity contribution in [3.8, 4) is 11.4 Å². The summed E-state index contributed by atoms with van der Waals surface area (Å²) in [6.07, 6.45) is 5.86. The van der Waals surface area contributed by atoms with Gasteiger partial charge in [-0.15, -0.1) is 5.10 Å². The third-order valence-electron chi connectivity index (χ3n) is 6.12. The average Bonchev–Trinajstić information content (AvgIpc) is 3.17. The Bertz CT molecular complexity index is 1070. The van der Waals surface area contributed by atoms with E-state index in [9.17, 15) is 4.79 Å². The molecule has 1 aromatic carbocycles. The number of rotatable bonds is 6. The van der Waals surface area contributed by atoms with E-state index in [4.69, 9.17) is 4.74 Å². The van der Waals surface area contributed by atoms with Crippen molar-refractivity contribution >= 4 is 17.1 Å². The van der Waals surface area contributed by atoms with Gasteiger partial charge in [-0.25, -0.2) is 9.50 Å². The van der Waals surface area contributed by atoms with Crippen LogP contribution in [0.15, 0.2) is 42.7 Å². The summed E-state index contributed by atoms with van der Waals surface area (Å²) in [7, 11) is 1.70. The zero-order valence-corrected chi connectivity index (χ0v) is 16.7. The number of carbonyl (C=O) groups is 1. The van der Waals surface area contributed by atoms with Crippen molar-refractivity contribution in [1.29, 1.82) is 0 Å². The van der Waals surface area contributed by atoms with Crippen LogP contribution in [-0.2, 0) is 9.53 Å². The Balaban J connectivity index is 0.00000218. The highest BCUT2D eigenvalue weighted by atomic mass is 16.5. The molecule has 152 valence electrons. The molecule has 1 aliphatic carbocycles. The minimum Gasteiger partial charge on any atom is -0.383 e. The standard InChI is InChI=1S/C22H25N5O2.H2/c1-14-5-6-16(12-18(14)21-23-13-17-4-3-7-27(17)25-21)24-22(28)20-11-15-10-19(15)26(20)8-9-29-2;/h3-7,12-13,15,19-20H,8-11H2,1-2H3,(H,24,28);1H/t15?,19?,20-;/m1./s1. The van der Waals surface area contributed by atoms with E-state index in [1.54, 1.807) is 7.11 Å². The molecule has 2 fully saturated rings. The van der Waals surface area contributed by atoms with Crippen LogP contribution < -0.4 is 5.32 Å². The summed E-state index contributed by atoms with van der Waals surface area (Å²) in [5.74, 6) is 1.37. The molecule has 29 heavy (non-hydrogen) atoms. The van der Waals surface area contributed by atoms with E-state index in [0.717, 1.165) is 35.3 Å². The third-order valence-corrected chi connectivity index (χ3v) is 6.12. The Morgan fingerprint density at radius 2 is 2.24 bits per heavy atom. The fraction of sp³-hybridized carbons (Fsp3) is 0.409. The smallest absolute Gasteiger partial charge is 0.241 e. The molecule has 1 saturated heterocycles. The lowest BCUT2D eigenvalue weighted by Gasteiger charge is -2.26. The van der Waals surface area contributed by atoms with E-state index in [0.29, 0.717) is 24.4 Å². The summed E-state index contributed by atoms with van der Waals surface area (Å²) < 4.78 is 7.04. The van der Waals surface area contributed by atoms with Gasteiger partial charge in [-0.05, 0) is 55.5 Å². The number of nitrogens with one attached hydrogen (secondary N) is 1. The fourth-order valence-corrected chi connectivity index (χ4v) is 4.44. The van der Waals surface area contributed by atoms with Crippen LogP contribution in [0.4, 0.5) is 5.69 Å². The second-order valence-electron chi connectivity index (χ2n) is 8.02. The largest absolute Gasteiger partial charge is 0.383 e. The van der Waals surface area contributed by atoms with Gasteiger partial charge < -0.3 is 10.1 Å². The number of ether oxygens (including phenoxy) is 1. The number of anilines is 1. The third kappa shape index (κ3) is 3.41. The van der Waals surface area contributed by atoms with Crippen LogP contribution >= 0.6 is 0 Å². The van der Waals surface area contributed by atoms with Gasteiger partial charge in [0, 0.05) is 38.6 Å². The molecule has 2 unspecified atom stereocenters. The second kappa shape index (κ2) is 7.24. The Labute approximate surface area is 171 Å². The first kappa shape index (κ1) is 18.3. The Hall–Kier alpha value is -2.77. The van der Waals surface area contributed by atoms with Crippen molar-refractivity contribution in [3.05, 3.63) is 48.3 Å². The summed E-state index contributed by atoms with van der Waals surface area (Å²) in [6, 6.07) is 10.3. The van der Waals surface area contributed by atoms with E-state index in [1.165, 1.54) is 6.42 Å². The van der Waals surface area contributed by atoms with Gasteiger partial charge in [-0.2, -0.15) is 0 Å². The molecule has 1 aliphatic heterocycles. The number of nitrogens with zero attached hydrogens (tertiary/aromatic N) is 4. The molecular formula is C22H27N5O2. The summed E-state index contributed by atoms with van der Waals surface area (Å²) in [6.45, 7) is 3.49. The van der Waals surface area contributed by atoms with Gasteiger partial charge in [0.25, 0.3) is 0 Å². The van der Waals surface area contributed by atoms with Crippen molar-refractivity contribution in [3.63, 3.8) is 0 Å². The highest BCUT2D eigenvalue weighted by Gasteiger charge is 2.53. The van der Waals surface area contributed by atoms with Gasteiger partial charge in [0.1, 0.15) is 0 Å². The fourth-order valence-electron chi connectivity index (χ4n) is 4.44. The van der Waals surface area contributed by atoms with Crippen molar-refractivity contribution < 1.29 is 11.0 Å². The van der Waals surface area contributed by atoms with Gasteiger partial charge in [0.2, 0.25) is 5.91 Å². The first-order valence-electron chi connectivity index (χ1n) is 10.1. The van der Waals surface area contributed by atoms with E-state index in [2.05, 4.69) is 20.3 Å². The van der Waals surface area contributed by atoms with Crippen molar-refractivity contribution in [2.75, 3.05) is 25.6 Å². The second-order valence-corrected chi connectivity index (χ2v) is 8.02. The molecule has 1 N–H and O–H groups in total. The van der Waals surface area contributed by atoms with Crippen molar-refractivity contribution in [2.45, 2.75) is 31.8 Å². The molecule has 2 aromatic heterocycles. The maximum atomic E-state index is 13.0. The monoisotopic (exact) mass is 393 g/mol. The predicted molar refractivity (Wildman–Crippen MR) is 113 cm³/mol. The number of methoxy groups -OCH3 is 1. The van der Waals surface area contributed by atoms with Gasteiger partial charge in [-0.3, -0.25) is 9.69 Å². The lowest BCUT2D eigenvalue weighted by Crippen LogP contribution is -2.43. The molecule has 3 aromatic rings. The van der Waals surface area contributed by atoms with Crippen molar-refractivity contribution in [1.82, 2.24) is 19.5 Å². The summed E-state index contributed by atoms with van der Waals surface area (Å²) >= 11 is 0. The molecule has 0 radical (unpaired) electrons. The normalized spacial score (nSPS) is 23.3. The number of fused-ring (bicyclic) bond motifs is 2. The number of aromatic nitrogens is 3. The molecule has 7 heteroatoms. The zero-order chi connectivity index (χ0) is 20.0. The Morgan fingerprint density at radius 3 is 3.10 bits per heavy atom. The molecular weight excluding hydrogens is 366 g/mol. The quantitative estimate of drug-likeness (QED) is 0.697. The summed E-state index contributed by atoms with van der Waals surface area (Å²) in [4.78, 5) is 19.8. The van der Waals surface area contributed by atoms with Crippen LogP contribution in [0.25, 0.3) is 16.9 Å². The molecule has 3 heterocycles. The SMILES string of the molecule is COCCN1C2CC2C[C@@H]1C(=O)Nc1ccc(C)c(-c2ncc3cccn3n2)c1.[HH]. The first-order chi connectivity index (χ1) is 14.1. The van der Waals surface area contributed by atoms with E-state index in [-0.39, 0.29) is 13.4 Å². The van der Waals surface area contributed by atoms with Crippen LogP contribution in [0.1, 0.15) is 19.8 Å². The highest BCUT2D eigenvalue weighted by molar-refractivity contribution is 5.95. The van der Waals surface area contributed by atoms with Crippen LogP contribution in [0, 0.1) is 12.8 Å². The first-order valence-corrected chi connectivity index (χ1v) is 10.1. The number of hydrogen-bond acceptors (Lipinski definition) is 5. The summed E-state index contributed by atoms with van der Waals surface area (Å²) in [5.41, 5.74) is 3.72. The molecule has 0 bridgehead atoms. The number of benzene rings is 1. The van der Waals surface area contributed by atoms with Crippen LogP contribution in [-0.4, -0.2) is 57.8 Å². The number of piperidine rings is 1. The zero-order valence-electron chi connectivity index (χ0n) is 16.7. The van der Waals surface area contributed by atoms with E-state index >= 15 is 0 Å². The number of aryl methyl sites for hydroxylation is 1. The Kier molecular flexibility index (Phi) is 4.56. The van der Waals surface area contributed by atoms with Gasteiger partial charge in [0.15, 0.2) is 5.82 Å². The van der Waals surface area contributed by atoms with Gasteiger partial charge in [0.05, 0.1) is 24.4 Å². The number of amides is 1. The van der Waals surface area contributed by atoms with Crippen molar-refractivity contribution in [2.24, 2.45) is 5.92 Å².